The first-order chi connectivity index (χ1) is 8.62. The van der Waals surface area contributed by atoms with Gasteiger partial charge in [0, 0.05) is 24.5 Å². The van der Waals surface area contributed by atoms with Gasteiger partial charge in [0.1, 0.15) is 0 Å². The molecule has 1 heterocycles. The molecule has 1 aromatic rings. The standard InChI is InChI=1S/C12H22N4OS/c1-5-13-9(4)10-8-18-11(14-10)15-12(17)16(6-2)7-3/h8-9,13H,5-7H2,1-4H3,(H,14,15,17). The molecular weight excluding hydrogens is 248 g/mol. The third-order valence-corrected chi connectivity index (χ3v) is 3.52. The van der Waals surface area contributed by atoms with Gasteiger partial charge >= 0.3 is 6.03 Å². The van der Waals surface area contributed by atoms with Crippen molar-refractivity contribution in [2.45, 2.75) is 33.7 Å². The number of aromatic nitrogens is 1. The normalized spacial score (nSPS) is 12.2. The minimum Gasteiger partial charge on any atom is -0.325 e. The van der Waals surface area contributed by atoms with Crippen molar-refractivity contribution < 1.29 is 4.79 Å². The van der Waals surface area contributed by atoms with Crippen molar-refractivity contribution in [3.05, 3.63) is 11.1 Å². The Hall–Kier alpha value is -1.14. The van der Waals surface area contributed by atoms with Crippen LogP contribution in [0.3, 0.4) is 0 Å². The van der Waals surface area contributed by atoms with E-state index < -0.39 is 0 Å². The van der Waals surface area contributed by atoms with E-state index in [4.69, 9.17) is 0 Å². The van der Waals surface area contributed by atoms with E-state index in [2.05, 4.69) is 29.5 Å². The lowest BCUT2D eigenvalue weighted by atomic mass is 10.3. The van der Waals surface area contributed by atoms with Crippen molar-refractivity contribution in [2.24, 2.45) is 0 Å². The van der Waals surface area contributed by atoms with Crippen LogP contribution in [0, 0.1) is 0 Å². The largest absolute Gasteiger partial charge is 0.325 e. The van der Waals surface area contributed by atoms with Gasteiger partial charge in [0.15, 0.2) is 5.13 Å². The maximum absolute atomic E-state index is 11.8. The lowest BCUT2D eigenvalue weighted by Crippen LogP contribution is -2.34. The van der Waals surface area contributed by atoms with Crippen LogP contribution < -0.4 is 10.6 Å². The maximum atomic E-state index is 11.8. The lowest BCUT2D eigenvalue weighted by Gasteiger charge is -2.18. The highest BCUT2D eigenvalue weighted by Crippen LogP contribution is 2.20. The highest BCUT2D eigenvalue weighted by molar-refractivity contribution is 7.13. The molecule has 0 aliphatic rings. The van der Waals surface area contributed by atoms with Gasteiger partial charge < -0.3 is 10.2 Å². The van der Waals surface area contributed by atoms with Crippen LogP contribution in [0.1, 0.15) is 39.4 Å². The van der Waals surface area contributed by atoms with E-state index in [1.54, 1.807) is 4.90 Å². The summed E-state index contributed by atoms with van der Waals surface area (Å²) in [4.78, 5) is 18.0. The predicted octanol–water partition coefficient (Wildman–Crippen LogP) is 2.69. The van der Waals surface area contributed by atoms with Gasteiger partial charge in [-0.05, 0) is 27.3 Å². The van der Waals surface area contributed by atoms with Gasteiger partial charge in [-0.15, -0.1) is 11.3 Å². The molecule has 0 saturated carbocycles. The number of rotatable bonds is 6. The Labute approximate surface area is 113 Å². The van der Waals surface area contributed by atoms with Crippen molar-refractivity contribution in [3.63, 3.8) is 0 Å². The Bertz CT molecular complexity index is 376. The fraction of sp³-hybridized carbons (Fsp3) is 0.667. The molecule has 0 aromatic carbocycles. The average molecular weight is 270 g/mol. The number of nitrogens with zero attached hydrogens (tertiary/aromatic N) is 2. The second-order valence-electron chi connectivity index (χ2n) is 3.96. The van der Waals surface area contributed by atoms with Crippen LogP contribution in [0.4, 0.5) is 9.93 Å². The lowest BCUT2D eigenvalue weighted by molar-refractivity contribution is 0.217. The van der Waals surface area contributed by atoms with Gasteiger partial charge in [-0.3, -0.25) is 5.32 Å². The second kappa shape index (κ2) is 7.33. The second-order valence-corrected chi connectivity index (χ2v) is 4.82. The average Bonchev–Trinajstić information content (AvgIpc) is 2.79. The first-order valence-electron chi connectivity index (χ1n) is 6.37. The minimum atomic E-state index is -0.0861. The quantitative estimate of drug-likeness (QED) is 0.835. The van der Waals surface area contributed by atoms with Crippen molar-refractivity contribution in [1.82, 2.24) is 15.2 Å². The maximum Gasteiger partial charge on any atom is 0.323 e. The molecule has 0 spiro atoms. The molecule has 102 valence electrons. The van der Waals surface area contributed by atoms with Crippen LogP contribution >= 0.6 is 11.3 Å². The molecule has 1 rings (SSSR count). The fourth-order valence-electron chi connectivity index (χ4n) is 1.63. The molecule has 0 aliphatic carbocycles. The molecule has 0 aliphatic heterocycles. The monoisotopic (exact) mass is 270 g/mol. The van der Waals surface area contributed by atoms with Crippen LogP contribution in [0.15, 0.2) is 5.38 Å². The smallest absolute Gasteiger partial charge is 0.323 e. The molecule has 2 N–H and O–H groups in total. The number of hydrogen-bond donors (Lipinski definition) is 2. The fourth-order valence-corrected chi connectivity index (χ4v) is 2.43. The predicted molar refractivity (Wildman–Crippen MR) is 76.1 cm³/mol. The van der Waals surface area contributed by atoms with Crippen LogP contribution in [0.5, 0.6) is 0 Å². The third-order valence-electron chi connectivity index (χ3n) is 2.74. The number of carbonyl (C=O) groups excluding carboxylic acids is 1. The summed E-state index contributed by atoms with van der Waals surface area (Å²) >= 11 is 1.46. The van der Waals surface area contributed by atoms with E-state index in [1.807, 2.05) is 19.2 Å². The molecule has 1 aromatic heterocycles. The zero-order valence-corrected chi connectivity index (χ0v) is 12.3. The molecular formula is C12H22N4OS. The summed E-state index contributed by atoms with van der Waals surface area (Å²) in [5.41, 5.74) is 0.969. The van der Waals surface area contributed by atoms with E-state index in [9.17, 15) is 4.79 Å². The molecule has 5 nitrogen and oxygen atoms in total. The molecule has 0 bridgehead atoms. The molecule has 0 fully saturated rings. The summed E-state index contributed by atoms with van der Waals surface area (Å²) in [6.07, 6.45) is 0. The Morgan fingerprint density at radius 3 is 2.67 bits per heavy atom. The van der Waals surface area contributed by atoms with E-state index in [0.717, 1.165) is 12.2 Å². The van der Waals surface area contributed by atoms with Crippen molar-refractivity contribution in [3.8, 4) is 0 Å². The van der Waals surface area contributed by atoms with Gasteiger partial charge in [-0.25, -0.2) is 9.78 Å². The number of hydrogen-bond acceptors (Lipinski definition) is 4. The topological polar surface area (TPSA) is 57.3 Å². The SMILES string of the molecule is CCNC(C)c1csc(NC(=O)N(CC)CC)n1. The van der Waals surface area contributed by atoms with Gasteiger partial charge in [0.25, 0.3) is 0 Å². The molecule has 18 heavy (non-hydrogen) atoms. The van der Waals surface area contributed by atoms with Gasteiger partial charge in [0.05, 0.1) is 5.69 Å². The summed E-state index contributed by atoms with van der Waals surface area (Å²) in [5.74, 6) is 0. The molecule has 0 radical (unpaired) electrons. The first kappa shape index (κ1) is 14.9. The van der Waals surface area contributed by atoms with Crippen LogP contribution in [-0.2, 0) is 0 Å². The summed E-state index contributed by atoms with van der Waals surface area (Å²) in [6.45, 7) is 10.4. The molecule has 6 heteroatoms. The van der Waals surface area contributed by atoms with Crippen molar-refractivity contribution in [1.29, 1.82) is 0 Å². The Morgan fingerprint density at radius 1 is 1.44 bits per heavy atom. The van der Waals surface area contributed by atoms with E-state index >= 15 is 0 Å². The summed E-state index contributed by atoms with van der Waals surface area (Å²) in [7, 11) is 0. The van der Waals surface area contributed by atoms with Gasteiger partial charge in [0.2, 0.25) is 0 Å². The highest BCUT2D eigenvalue weighted by Gasteiger charge is 2.13. The van der Waals surface area contributed by atoms with Crippen LogP contribution in [0.2, 0.25) is 0 Å². The molecule has 1 unspecified atom stereocenters. The molecule has 1 atom stereocenters. The van der Waals surface area contributed by atoms with Gasteiger partial charge in [-0.1, -0.05) is 6.92 Å². The molecule has 2 amide bonds. The molecule has 0 saturated heterocycles. The summed E-state index contributed by atoms with van der Waals surface area (Å²) in [5, 5.41) is 8.76. The minimum absolute atomic E-state index is 0.0861. The third kappa shape index (κ3) is 3.96. The number of amides is 2. The summed E-state index contributed by atoms with van der Waals surface area (Å²) in [6, 6.07) is 0.127. The number of urea groups is 1. The number of carbonyl (C=O) groups is 1. The van der Waals surface area contributed by atoms with E-state index in [-0.39, 0.29) is 12.1 Å². The van der Waals surface area contributed by atoms with E-state index in [1.165, 1.54) is 11.3 Å². The zero-order valence-electron chi connectivity index (χ0n) is 11.5. The van der Waals surface area contributed by atoms with Crippen molar-refractivity contribution >= 4 is 22.5 Å². The highest BCUT2D eigenvalue weighted by atomic mass is 32.1. The Kier molecular flexibility index (Phi) is 6.07. The Morgan fingerprint density at radius 2 is 2.11 bits per heavy atom. The van der Waals surface area contributed by atoms with E-state index in [0.29, 0.717) is 18.2 Å². The zero-order chi connectivity index (χ0) is 13.5. The van der Waals surface area contributed by atoms with Gasteiger partial charge in [-0.2, -0.15) is 0 Å². The first-order valence-corrected chi connectivity index (χ1v) is 7.25. The number of anilines is 1. The van der Waals surface area contributed by atoms with Crippen molar-refractivity contribution in [2.75, 3.05) is 25.0 Å². The summed E-state index contributed by atoms with van der Waals surface area (Å²) < 4.78 is 0. The number of nitrogens with one attached hydrogen (secondary N) is 2. The Balaban J connectivity index is 2.61. The van der Waals surface area contributed by atoms with Crippen LogP contribution in [0.25, 0.3) is 0 Å². The number of thiazole rings is 1. The van der Waals surface area contributed by atoms with Crippen LogP contribution in [-0.4, -0.2) is 35.5 Å².